The molecule has 0 aromatic heterocycles. The quantitative estimate of drug-likeness (QED) is 0.731. The third-order valence-corrected chi connectivity index (χ3v) is 4.25. The predicted molar refractivity (Wildman–Crippen MR) is 63.4 cm³/mol. The van der Waals surface area contributed by atoms with Crippen LogP contribution in [0.4, 0.5) is 0 Å². The maximum absolute atomic E-state index is 3.46. The first-order valence-electron chi connectivity index (χ1n) is 4.69. The van der Waals surface area contributed by atoms with Crippen molar-refractivity contribution in [2.24, 2.45) is 0 Å². The fraction of sp³-hybridized carbons (Fsp3) is 0.455. The molecule has 0 N–H and O–H groups in total. The lowest BCUT2D eigenvalue weighted by Gasteiger charge is -2.21. The summed E-state index contributed by atoms with van der Waals surface area (Å²) in [5.41, 5.74) is 1.51. The van der Waals surface area contributed by atoms with Crippen molar-refractivity contribution in [3.8, 4) is 0 Å². The van der Waals surface area contributed by atoms with Gasteiger partial charge in [0.25, 0.3) is 0 Å². The van der Waals surface area contributed by atoms with E-state index >= 15 is 0 Å². The van der Waals surface area contributed by atoms with Gasteiger partial charge in [0, 0.05) is 10.2 Å². The molecular formula is C11H13BrS. The number of rotatable bonds is 1. The van der Waals surface area contributed by atoms with E-state index in [4.69, 9.17) is 0 Å². The van der Waals surface area contributed by atoms with Crippen LogP contribution in [0.3, 0.4) is 0 Å². The van der Waals surface area contributed by atoms with Crippen LogP contribution in [0.2, 0.25) is 0 Å². The summed E-state index contributed by atoms with van der Waals surface area (Å²) < 4.78 is 1.18. The number of benzene rings is 1. The predicted octanol–water partition coefficient (Wildman–Crippen LogP) is 4.06. The molecule has 13 heavy (non-hydrogen) atoms. The van der Waals surface area contributed by atoms with Crippen LogP contribution in [0.15, 0.2) is 28.7 Å². The lowest BCUT2D eigenvalue weighted by molar-refractivity contribution is 0.660. The summed E-state index contributed by atoms with van der Waals surface area (Å²) in [5, 5.41) is 0. The molecule has 0 amide bonds. The number of hydrogen-bond acceptors (Lipinski definition) is 1. The van der Waals surface area contributed by atoms with Crippen molar-refractivity contribution in [2.45, 2.75) is 18.8 Å². The van der Waals surface area contributed by atoms with Gasteiger partial charge in [-0.25, -0.2) is 0 Å². The summed E-state index contributed by atoms with van der Waals surface area (Å²) in [7, 11) is 0. The fourth-order valence-corrected chi connectivity index (χ4v) is 3.18. The highest BCUT2D eigenvalue weighted by atomic mass is 79.9. The minimum absolute atomic E-state index is 0.798. The second-order valence-corrected chi connectivity index (χ2v) is 5.53. The Hall–Kier alpha value is 0.0500. The maximum Gasteiger partial charge on any atom is 0.0175 e. The van der Waals surface area contributed by atoms with Crippen LogP contribution >= 0.6 is 27.7 Å². The molecule has 70 valence electrons. The zero-order valence-corrected chi connectivity index (χ0v) is 9.90. The average molecular weight is 257 g/mol. The number of hydrogen-bond donors (Lipinski definition) is 0. The molecule has 2 rings (SSSR count). The summed E-state index contributed by atoms with van der Waals surface area (Å²) in [6.45, 7) is 0. The molecule has 1 aromatic rings. The molecule has 1 fully saturated rings. The molecule has 2 heteroatoms. The SMILES string of the molecule is Brc1ccc(C2CCCSC2)cc1. The van der Waals surface area contributed by atoms with E-state index in [-0.39, 0.29) is 0 Å². The van der Waals surface area contributed by atoms with E-state index in [1.54, 1.807) is 0 Å². The van der Waals surface area contributed by atoms with E-state index in [2.05, 4.69) is 52.0 Å². The molecule has 0 radical (unpaired) electrons. The lowest BCUT2D eigenvalue weighted by Crippen LogP contribution is -2.08. The van der Waals surface area contributed by atoms with Gasteiger partial charge in [0.15, 0.2) is 0 Å². The number of halogens is 1. The van der Waals surface area contributed by atoms with Gasteiger partial charge in [-0.3, -0.25) is 0 Å². The zero-order valence-electron chi connectivity index (χ0n) is 7.50. The molecule has 0 aliphatic carbocycles. The minimum atomic E-state index is 0.798. The van der Waals surface area contributed by atoms with Crippen LogP contribution < -0.4 is 0 Å². The molecular weight excluding hydrogens is 244 g/mol. The molecule has 0 bridgehead atoms. The molecule has 1 unspecified atom stereocenters. The molecule has 0 spiro atoms. The van der Waals surface area contributed by atoms with Crippen molar-refractivity contribution in [1.82, 2.24) is 0 Å². The first-order chi connectivity index (χ1) is 6.36. The van der Waals surface area contributed by atoms with E-state index in [9.17, 15) is 0 Å². The lowest BCUT2D eigenvalue weighted by atomic mass is 9.96. The Labute approximate surface area is 92.2 Å². The molecule has 1 atom stereocenters. The Morgan fingerprint density at radius 2 is 2.00 bits per heavy atom. The highest BCUT2D eigenvalue weighted by Gasteiger charge is 2.15. The van der Waals surface area contributed by atoms with Gasteiger partial charge < -0.3 is 0 Å². The molecule has 1 heterocycles. The van der Waals surface area contributed by atoms with Gasteiger partial charge in [-0.15, -0.1) is 0 Å². The molecule has 1 aromatic carbocycles. The smallest absolute Gasteiger partial charge is 0.0175 e. The van der Waals surface area contributed by atoms with Crippen LogP contribution in [0.25, 0.3) is 0 Å². The zero-order chi connectivity index (χ0) is 9.10. The van der Waals surface area contributed by atoms with Crippen LogP contribution in [0.1, 0.15) is 24.3 Å². The summed E-state index contributed by atoms with van der Waals surface area (Å²) in [4.78, 5) is 0. The Bertz CT molecular complexity index is 262. The fourth-order valence-electron chi connectivity index (χ4n) is 1.74. The third kappa shape index (κ3) is 2.50. The molecule has 1 saturated heterocycles. The van der Waals surface area contributed by atoms with Gasteiger partial charge in [0.05, 0.1) is 0 Å². The Kier molecular flexibility index (Phi) is 3.33. The van der Waals surface area contributed by atoms with Crippen LogP contribution in [-0.2, 0) is 0 Å². The minimum Gasteiger partial charge on any atom is -0.161 e. The van der Waals surface area contributed by atoms with Gasteiger partial charge in [0.1, 0.15) is 0 Å². The Morgan fingerprint density at radius 1 is 1.23 bits per heavy atom. The van der Waals surface area contributed by atoms with E-state index in [1.165, 1.54) is 34.4 Å². The summed E-state index contributed by atoms with van der Waals surface area (Å²) in [5.74, 6) is 3.46. The topological polar surface area (TPSA) is 0 Å². The first kappa shape index (κ1) is 9.60. The van der Waals surface area contributed by atoms with Gasteiger partial charge >= 0.3 is 0 Å². The van der Waals surface area contributed by atoms with Crippen LogP contribution in [-0.4, -0.2) is 11.5 Å². The third-order valence-electron chi connectivity index (χ3n) is 2.50. The van der Waals surface area contributed by atoms with E-state index in [1.807, 2.05) is 0 Å². The highest BCUT2D eigenvalue weighted by Crippen LogP contribution is 2.31. The maximum atomic E-state index is 3.46. The summed E-state index contributed by atoms with van der Waals surface area (Å²) in [6, 6.07) is 8.80. The van der Waals surface area contributed by atoms with Crippen molar-refractivity contribution < 1.29 is 0 Å². The van der Waals surface area contributed by atoms with Crippen molar-refractivity contribution in [2.75, 3.05) is 11.5 Å². The molecule has 1 aliphatic heterocycles. The normalized spacial score (nSPS) is 23.0. The highest BCUT2D eigenvalue weighted by molar-refractivity contribution is 9.10. The standard InChI is InChI=1S/C11H13BrS/c12-11-5-3-9(4-6-11)10-2-1-7-13-8-10/h3-6,10H,1-2,7-8H2. The number of thioether (sulfide) groups is 1. The first-order valence-corrected chi connectivity index (χ1v) is 6.64. The van der Waals surface area contributed by atoms with Gasteiger partial charge in [-0.1, -0.05) is 28.1 Å². The molecule has 0 nitrogen and oxygen atoms in total. The van der Waals surface area contributed by atoms with Crippen LogP contribution in [0.5, 0.6) is 0 Å². The van der Waals surface area contributed by atoms with Crippen molar-refractivity contribution in [3.05, 3.63) is 34.3 Å². The van der Waals surface area contributed by atoms with Crippen molar-refractivity contribution >= 4 is 27.7 Å². The molecule has 0 saturated carbocycles. The average Bonchev–Trinajstić information content (AvgIpc) is 2.20. The second-order valence-electron chi connectivity index (χ2n) is 3.47. The Morgan fingerprint density at radius 3 is 2.62 bits per heavy atom. The van der Waals surface area contributed by atoms with Crippen molar-refractivity contribution in [3.63, 3.8) is 0 Å². The van der Waals surface area contributed by atoms with Crippen molar-refractivity contribution in [1.29, 1.82) is 0 Å². The Balaban J connectivity index is 2.10. The largest absolute Gasteiger partial charge is 0.161 e. The monoisotopic (exact) mass is 256 g/mol. The van der Waals surface area contributed by atoms with E-state index in [0.717, 1.165) is 5.92 Å². The van der Waals surface area contributed by atoms with Gasteiger partial charge in [-0.05, 0) is 42.2 Å². The summed E-state index contributed by atoms with van der Waals surface area (Å²) in [6.07, 6.45) is 2.75. The van der Waals surface area contributed by atoms with Gasteiger partial charge in [0.2, 0.25) is 0 Å². The second kappa shape index (κ2) is 4.52. The van der Waals surface area contributed by atoms with E-state index in [0.29, 0.717) is 0 Å². The van der Waals surface area contributed by atoms with Crippen LogP contribution in [0, 0.1) is 0 Å². The van der Waals surface area contributed by atoms with E-state index < -0.39 is 0 Å². The summed E-state index contributed by atoms with van der Waals surface area (Å²) >= 11 is 5.55. The van der Waals surface area contributed by atoms with Gasteiger partial charge in [-0.2, -0.15) is 11.8 Å². The molecule has 1 aliphatic rings.